The number of fused-ring (bicyclic) bond motifs is 4. The van der Waals surface area contributed by atoms with Gasteiger partial charge in [0.2, 0.25) is 6.79 Å². The molecular formula is C25H27NO5. The first-order valence-corrected chi connectivity index (χ1v) is 10.9. The quantitative estimate of drug-likeness (QED) is 0.734. The summed E-state index contributed by atoms with van der Waals surface area (Å²) >= 11 is 0. The van der Waals surface area contributed by atoms with Crippen molar-refractivity contribution in [1.29, 1.82) is 0 Å². The molecular weight excluding hydrogens is 394 g/mol. The van der Waals surface area contributed by atoms with Gasteiger partial charge in [0.05, 0.1) is 19.8 Å². The van der Waals surface area contributed by atoms with Crippen LogP contribution in [0.25, 0.3) is 0 Å². The Hall–Kier alpha value is -2.73. The van der Waals surface area contributed by atoms with Crippen molar-refractivity contribution in [3.05, 3.63) is 46.5 Å². The van der Waals surface area contributed by atoms with Crippen LogP contribution >= 0.6 is 0 Å². The van der Waals surface area contributed by atoms with E-state index in [9.17, 15) is 4.79 Å². The smallest absolute Gasteiger partial charge is 0.231 e. The second-order valence-electron chi connectivity index (χ2n) is 9.49. The van der Waals surface area contributed by atoms with Crippen LogP contribution in [-0.2, 0) is 22.2 Å². The zero-order valence-corrected chi connectivity index (χ0v) is 18.4. The minimum atomic E-state index is -0.436. The highest BCUT2D eigenvalue weighted by Crippen LogP contribution is 2.64. The van der Waals surface area contributed by atoms with E-state index in [1.807, 2.05) is 6.07 Å². The van der Waals surface area contributed by atoms with Gasteiger partial charge in [-0.3, -0.25) is 9.69 Å². The van der Waals surface area contributed by atoms with Gasteiger partial charge in [0.25, 0.3) is 0 Å². The molecule has 2 aromatic carbocycles. The predicted octanol–water partition coefficient (Wildman–Crippen LogP) is 3.88. The van der Waals surface area contributed by atoms with Crippen LogP contribution in [0.5, 0.6) is 23.0 Å². The Morgan fingerprint density at radius 1 is 1.06 bits per heavy atom. The van der Waals surface area contributed by atoms with Crippen LogP contribution in [0.2, 0.25) is 0 Å². The maximum absolute atomic E-state index is 13.3. The molecule has 4 aliphatic heterocycles. The molecule has 0 saturated carbocycles. The van der Waals surface area contributed by atoms with Crippen LogP contribution < -0.4 is 18.9 Å². The Morgan fingerprint density at radius 3 is 2.58 bits per heavy atom. The highest BCUT2D eigenvalue weighted by molar-refractivity contribution is 5.84. The molecule has 6 heteroatoms. The summed E-state index contributed by atoms with van der Waals surface area (Å²) < 4.78 is 22.9. The highest BCUT2D eigenvalue weighted by Gasteiger charge is 2.63. The zero-order chi connectivity index (χ0) is 21.5. The molecule has 0 spiro atoms. The Bertz CT molecular complexity index is 1120. The van der Waals surface area contributed by atoms with Gasteiger partial charge in [-0.2, -0.15) is 0 Å². The molecule has 4 aliphatic rings. The van der Waals surface area contributed by atoms with E-state index in [0.717, 1.165) is 35.8 Å². The number of benzene rings is 2. The maximum Gasteiger partial charge on any atom is 0.231 e. The molecule has 0 aromatic heterocycles. The average Bonchev–Trinajstić information content (AvgIpc) is 3.22. The lowest BCUT2D eigenvalue weighted by atomic mass is 9.53. The third-order valence-corrected chi connectivity index (χ3v) is 8.03. The van der Waals surface area contributed by atoms with Crippen LogP contribution in [0.3, 0.4) is 0 Å². The van der Waals surface area contributed by atoms with Crippen molar-refractivity contribution in [1.82, 2.24) is 4.90 Å². The van der Waals surface area contributed by atoms with Crippen LogP contribution in [0, 0.1) is 0 Å². The summed E-state index contributed by atoms with van der Waals surface area (Å²) in [4.78, 5) is 15.8. The normalized spacial score (nSPS) is 27.2. The summed E-state index contributed by atoms with van der Waals surface area (Å²) in [6.45, 7) is 5.66. The number of methoxy groups -OCH3 is 2. The van der Waals surface area contributed by atoms with E-state index < -0.39 is 5.54 Å². The molecule has 1 fully saturated rings. The first-order valence-electron chi connectivity index (χ1n) is 10.9. The van der Waals surface area contributed by atoms with Gasteiger partial charge in [-0.25, -0.2) is 0 Å². The van der Waals surface area contributed by atoms with E-state index in [1.165, 1.54) is 16.7 Å². The van der Waals surface area contributed by atoms with Crippen molar-refractivity contribution in [2.45, 2.75) is 50.1 Å². The topological polar surface area (TPSA) is 57.2 Å². The fraction of sp³-hybridized carbons (Fsp3) is 0.480. The molecule has 6 nitrogen and oxygen atoms in total. The lowest BCUT2D eigenvalue weighted by Gasteiger charge is -2.64. The van der Waals surface area contributed by atoms with Gasteiger partial charge in [-0.15, -0.1) is 0 Å². The molecule has 0 amide bonds. The van der Waals surface area contributed by atoms with Crippen molar-refractivity contribution >= 4 is 5.78 Å². The van der Waals surface area contributed by atoms with E-state index in [-0.39, 0.29) is 24.0 Å². The second kappa shape index (κ2) is 6.16. The molecule has 2 aromatic rings. The van der Waals surface area contributed by atoms with E-state index >= 15 is 0 Å². The number of rotatable bonds is 2. The molecule has 0 unspecified atom stereocenters. The van der Waals surface area contributed by atoms with Crippen molar-refractivity contribution in [2.75, 3.05) is 27.6 Å². The van der Waals surface area contributed by atoms with Gasteiger partial charge in [-0.05, 0) is 41.3 Å². The standard InChI is InChI=1S/C25H27NO5/c1-24(2)16-5-6-19(28-3)23(29-4)22(16)18-10-15(27)12-25(24)17-11-21-20(30-13-31-21)9-14(17)7-8-26(18)25/h5-6,9,11,18H,7-8,10,12-13H2,1-4H3/t18-,25-/m1/s1. The number of piperidine rings is 1. The second-order valence-corrected chi connectivity index (χ2v) is 9.49. The molecule has 0 N–H and O–H groups in total. The van der Waals surface area contributed by atoms with Crippen LogP contribution in [0.4, 0.5) is 0 Å². The number of hydrogen-bond donors (Lipinski definition) is 0. The SMILES string of the molecule is COc1ccc2c(c1OC)[C@H]1CC(=O)C[C@@]3(c4cc5c(cc4CCN13)OCO5)C2(C)C. The summed E-state index contributed by atoms with van der Waals surface area (Å²) in [5.74, 6) is 3.33. The van der Waals surface area contributed by atoms with Crippen molar-refractivity contribution in [3.8, 4) is 23.0 Å². The molecule has 2 bridgehead atoms. The number of nitrogens with zero attached hydrogens (tertiary/aromatic N) is 1. The van der Waals surface area contributed by atoms with Crippen LogP contribution in [0.15, 0.2) is 24.3 Å². The van der Waals surface area contributed by atoms with Gasteiger partial charge in [0.1, 0.15) is 5.78 Å². The molecule has 6 rings (SSSR count). The molecule has 162 valence electrons. The summed E-state index contributed by atoms with van der Waals surface area (Å²) in [5.41, 5.74) is 4.01. The van der Waals surface area contributed by atoms with Gasteiger partial charge >= 0.3 is 0 Å². The Morgan fingerprint density at radius 2 is 1.84 bits per heavy atom. The molecule has 2 atom stereocenters. The Labute approximate surface area is 182 Å². The molecule has 0 radical (unpaired) electrons. The predicted molar refractivity (Wildman–Crippen MR) is 114 cm³/mol. The number of carbonyl (C=O) groups excluding carboxylic acids is 1. The van der Waals surface area contributed by atoms with E-state index in [2.05, 4.69) is 36.9 Å². The van der Waals surface area contributed by atoms with Crippen molar-refractivity contribution < 1.29 is 23.7 Å². The number of Topliss-reactive ketones (excluding diaryl/α,β-unsaturated/α-hetero) is 1. The molecule has 0 aliphatic carbocycles. The van der Waals surface area contributed by atoms with Gasteiger partial charge in [-0.1, -0.05) is 19.9 Å². The lowest BCUT2D eigenvalue weighted by Crippen LogP contribution is -2.67. The third kappa shape index (κ3) is 2.19. The number of hydrogen-bond acceptors (Lipinski definition) is 6. The minimum absolute atomic E-state index is 0.0344. The maximum atomic E-state index is 13.3. The lowest BCUT2D eigenvalue weighted by molar-refractivity contribution is -0.140. The molecule has 4 heterocycles. The average molecular weight is 421 g/mol. The third-order valence-electron chi connectivity index (χ3n) is 8.03. The number of carbonyl (C=O) groups is 1. The molecule has 31 heavy (non-hydrogen) atoms. The minimum Gasteiger partial charge on any atom is -0.493 e. The largest absolute Gasteiger partial charge is 0.493 e. The van der Waals surface area contributed by atoms with Crippen molar-refractivity contribution in [2.24, 2.45) is 0 Å². The Kier molecular flexibility index (Phi) is 3.77. The first-order chi connectivity index (χ1) is 14.9. The van der Waals surface area contributed by atoms with Crippen LogP contribution in [0.1, 0.15) is 55.0 Å². The van der Waals surface area contributed by atoms with Gasteiger partial charge in [0, 0.05) is 36.4 Å². The van der Waals surface area contributed by atoms with Gasteiger partial charge in [0.15, 0.2) is 23.0 Å². The number of ketones is 1. The van der Waals surface area contributed by atoms with E-state index in [1.54, 1.807) is 14.2 Å². The first kappa shape index (κ1) is 19.0. The Balaban J connectivity index is 1.67. The van der Waals surface area contributed by atoms with Gasteiger partial charge < -0.3 is 18.9 Å². The van der Waals surface area contributed by atoms with E-state index in [0.29, 0.717) is 18.6 Å². The summed E-state index contributed by atoms with van der Waals surface area (Å²) in [7, 11) is 3.35. The molecule has 1 saturated heterocycles. The fourth-order valence-corrected chi connectivity index (χ4v) is 6.69. The zero-order valence-electron chi connectivity index (χ0n) is 18.4. The fourth-order valence-electron chi connectivity index (χ4n) is 6.69. The van der Waals surface area contributed by atoms with E-state index in [4.69, 9.17) is 18.9 Å². The highest BCUT2D eigenvalue weighted by atomic mass is 16.7. The summed E-state index contributed by atoms with van der Waals surface area (Å²) in [6.07, 6.45) is 1.90. The summed E-state index contributed by atoms with van der Waals surface area (Å²) in [6, 6.07) is 8.38. The van der Waals surface area contributed by atoms with Crippen molar-refractivity contribution in [3.63, 3.8) is 0 Å². The monoisotopic (exact) mass is 421 g/mol. The number of ether oxygens (including phenoxy) is 4. The summed E-state index contributed by atoms with van der Waals surface area (Å²) in [5, 5.41) is 0. The van der Waals surface area contributed by atoms with Crippen LogP contribution in [-0.4, -0.2) is 38.2 Å².